The average Bonchev–Trinajstić information content (AvgIpc) is 2.50. The van der Waals surface area contributed by atoms with E-state index < -0.39 is 0 Å². The zero-order valence-corrected chi connectivity index (χ0v) is 12.7. The third kappa shape index (κ3) is 3.89. The van der Waals surface area contributed by atoms with Crippen molar-refractivity contribution < 1.29 is 9.53 Å². The minimum Gasteiger partial charge on any atom is -0.495 e. The van der Waals surface area contributed by atoms with Crippen molar-refractivity contribution in [2.24, 2.45) is 0 Å². The molecule has 0 radical (unpaired) electrons. The second kappa shape index (κ2) is 6.99. The van der Waals surface area contributed by atoms with Gasteiger partial charge in [-0.1, -0.05) is 29.8 Å². The largest absolute Gasteiger partial charge is 0.495 e. The first-order chi connectivity index (χ1) is 10.1. The maximum absolute atomic E-state index is 12.0. The molecule has 0 bridgehead atoms. The number of nitrogens with one attached hydrogen (secondary N) is 2. The van der Waals surface area contributed by atoms with Crippen molar-refractivity contribution in [2.45, 2.75) is 6.92 Å². The summed E-state index contributed by atoms with van der Waals surface area (Å²) in [6.45, 7) is 2.01. The van der Waals surface area contributed by atoms with Crippen molar-refractivity contribution in [3.8, 4) is 5.75 Å². The third-order valence-corrected chi connectivity index (χ3v) is 3.50. The Kier molecular flexibility index (Phi) is 5.06. The van der Waals surface area contributed by atoms with Gasteiger partial charge in [-0.15, -0.1) is 0 Å². The first kappa shape index (κ1) is 15.2. The number of methoxy groups -OCH3 is 1. The number of anilines is 2. The molecule has 0 fully saturated rings. The molecule has 0 saturated carbocycles. The highest BCUT2D eigenvalue weighted by Crippen LogP contribution is 2.24. The van der Waals surface area contributed by atoms with Crippen LogP contribution >= 0.6 is 11.6 Å². The van der Waals surface area contributed by atoms with Crippen LogP contribution in [-0.4, -0.2) is 19.6 Å². The van der Waals surface area contributed by atoms with E-state index in [1.54, 1.807) is 19.2 Å². The van der Waals surface area contributed by atoms with Crippen LogP contribution in [0.3, 0.4) is 0 Å². The lowest BCUT2D eigenvalue weighted by atomic mass is 10.2. The summed E-state index contributed by atoms with van der Waals surface area (Å²) in [6.07, 6.45) is 0. The van der Waals surface area contributed by atoms with Crippen LogP contribution in [0.1, 0.15) is 5.56 Å². The standard InChI is InChI=1S/C16H17ClN2O2/c1-11-12(17)6-5-8-13(11)19-16(20)10-18-14-7-3-4-9-15(14)21-2/h3-9,18H,10H2,1-2H3,(H,19,20). The molecule has 0 saturated heterocycles. The smallest absolute Gasteiger partial charge is 0.243 e. The van der Waals surface area contributed by atoms with Crippen molar-refractivity contribution in [1.82, 2.24) is 0 Å². The number of benzene rings is 2. The number of hydrogen-bond donors (Lipinski definition) is 2. The van der Waals surface area contributed by atoms with Gasteiger partial charge in [0.15, 0.2) is 0 Å². The van der Waals surface area contributed by atoms with Gasteiger partial charge in [0.2, 0.25) is 5.91 Å². The molecular formula is C16H17ClN2O2. The third-order valence-electron chi connectivity index (χ3n) is 3.09. The Morgan fingerprint density at radius 1 is 1.14 bits per heavy atom. The highest BCUT2D eigenvalue weighted by Gasteiger charge is 2.08. The average molecular weight is 305 g/mol. The van der Waals surface area contributed by atoms with Gasteiger partial charge >= 0.3 is 0 Å². The number of carbonyl (C=O) groups is 1. The van der Waals surface area contributed by atoms with Crippen molar-refractivity contribution in [1.29, 1.82) is 0 Å². The first-order valence-corrected chi connectivity index (χ1v) is 6.91. The Balaban J connectivity index is 1.98. The number of hydrogen-bond acceptors (Lipinski definition) is 3. The van der Waals surface area contributed by atoms with E-state index in [-0.39, 0.29) is 12.5 Å². The van der Waals surface area contributed by atoms with E-state index >= 15 is 0 Å². The van der Waals surface area contributed by atoms with E-state index in [2.05, 4.69) is 10.6 Å². The van der Waals surface area contributed by atoms with Gasteiger partial charge in [-0.05, 0) is 36.8 Å². The van der Waals surface area contributed by atoms with Gasteiger partial charge in [-0.3, -0.25) is 4.79 Å². The quantitative estimate of drug-likeness (QED) is 0.885. The fourth-order valence-electron chi connectivity index (χ4n) is 1.90. The minimum absolute atomic E-state index is 0.145. The number of halogens is 1. The van der Waals surface area contributed by atoms with Gasteiger partial charge in [-0.2, -0.15) is 0 Å². The fourth-order valence-corrected chi connectivity index (χ4v) is 2.08. The number of carbonyl (C=O) groups excluding carboxylic acids is 1. The molecule has 0 unspecified atom stereocenters. The van der Waals surface area contributed by atoms with Crippen LogP contribution in [0.5, 0.6) is 5.75 Å². The lowest BCUT2D eigenvalue weighted by Crippen LogP contribution is -2.22. The number of amides is 1. The molecule has 4 nitrogen and oxygen atoms in total. The molecule has 2 N–H and O–H groups in total. The van der Waals surface area contributed by atoms with Crippen LogP contribution in [0.25, 0.3) is 0 Å². The van der Waals surface area contributed by atoms with E-state index in [0.717, 1.165) is 11.3 Å². The molecule has 2 rings (SSSR count). The van der Waals surface area contributed by atoms with Crippen LogP contribution < -0.4 is 15.4 Å². The normalized spacial score (nSPS) is 10.0. The maximum Gasteiger partial charge on any atom is 0.243 e. The molecule has 0 aromatic heterocycles. The summed E-state index contributed by atoms with van der Waals surface area (Å²) in [6, 6.07) is 12.9. The van der Waals surface area contributed by atoms with Crippen molar-refractivity contribution >= 4 is 28.9 Å². The summed E-state index contributed by atoms with van der Waals surface area (Å²) in [4.78, 5) is 12.0. The second-order valence-corrected chi connectivity index (χ2v) is 4.92. The van der Waals surface area contributed by atoms with E-state index in [0.29, 0.717) is 16.5 Å². The molecule has 0 aliphatic heterocycles. The molecule has 0 aliphatic carbocycles. The van der Waals surface area contributed by atoms with Gasteiger partial charge in [0.05, 0.1) is 19.3 Å². The maximum atomic E-state index is 12.0. The molecule has 0 spiro atoms. The summed E-state index contributed by atoms with van der Waals surface area (Å²) in [5.74, 6) is 0.551. The lowest BCUT2D eigenvalue weighted by Gasteiger charge is -2.12. The summed E-state index contributed by atoms with van der Waals surface area (Å²) in [5.41, 5.74) is 2.34. The zero-order chi connectivity index (χ0) is 15.2. The van der Waals surface area contributed by atoms with Gasteiger partial charge in [-0.25, -0.2) is 0 Å². The monoisotopic (exact) mass is 304 g/mol. The van der Waals surface area contributed by atoms with Crippen molar-refractivity contribution in [3.05, 3.63) is 53.1 Å². The number of para-hydroxylation sites is 2. The van der Waals surface area contributed by atoms with E-state index in [1.807, 2.05) is 37.3 Å². The Morgan fingerprint density at radius 3 is 2.62 bits per heavy atom. The van der Waals surface area contributed by atoms with Crippen LogP contribution in [0.2, 0.25) is 5.02 Å². The molecule has 2 aromatic rings. The predicted molar refractivity (Wildman–Crippen MR) is 86.3 cm³/mol. The summed E-state index contributed by atoms with van der Waals surface area (Å²) in [7, 11) is 1.59. The van der Waals surface area contributed by atoms with Gasteiger partial charge in [0, 0.05) is 10.7 Å². The van der Waals surface area contributed by atoms with E-state index in [4.69, 9.17) is 16.3 Å². The van der Waals surface area contributed by atoms with Crippen LogP contribution in [-0.2, 0) is 4.79 Å². The zero-order valence-electron chi connectivity index (χ0n) is 11.9. The first-order valence-electron chi connectivity index (χ1n) is 6.53. The fraction of sp³-hybridized carbons (Fsp3) is 0.188. The summed E-state index contributed by atoms with van der Waals surface area (Å²) < 4.78 is 5.22. The molecular weight excluding hydrogens is 288 g/mol. The van der Waals surface area contributed by atoms with Crippen molar-refractivity contribution in [3.63, 3.8) is 0 Å². The summed E-state index contributed by atoms with van der Waals surface area (Å²) >= 11 is 6.03. The Morgan fingerprint density at radius 2 is 1.86 bits per heavy atom. The molecule has 5 heteroatoms. The Labute approximate surface area is 129 Å². The van der Waals surface area contributed by atoms with Crippen LogP contribution in [0, 0.1) is 6.92 Å². The highest BCUT2D eigenvalue weighted by atomic mass is 35.5. The lowest BCUT2D eigenvalue weighted by molar-refractivity contribution is -0.114. The molecule has 2 aromatic carbocycles. The van der Waals surface area contributed by atoms with E-state index in [1.165, 1.54) is 0 Å². The molecule has 0 aliphatic rings. The number of rotatable bonds is 5. The molecule has 1 amide bonds. The van der Waals surface area contributed by atoms with Gasteiger partial charge in [0.25, 0.3) is 0 Å². The Bertz CT molecular complexity index is 644. The van der Waals surface area contributed by atoms with Gasteiger partial charge < -0.3 is 15.4 Å². The van der Waals surface area contributed by atoms with Crippen LogP contribution in [0.15, 0.2) is 42.5 Å². The molecule has 0 heterocycles. The second-order valence-electron chi connectivity index (χ2n) is 4.51. The SMILES string of the molecule is COc1ccccc1NCC(=O)Nc1cccc(Cl)c1C. The molecule has 110 valence electrons. The van der Waals surface area contributed by atoms with Crippen LogP contribution in [0.4, 0.5) is 11.4 Å². The predicted octanol–water partition coefficient (Wildman–Crippen LogP) is 3.71. The topological polar surface area (TPSA) is 50.4 Å². The van der Waals surface area contributed by atoms with Gasteiger partial charge in [0.1, 0.15) is 5.75 Å². The number of ether oxygens (including phenoxy) is 1. The molecule has 21 heavy (non-hydrogen) atoms. The molecule has 0 atom stereocenters. The summed E-state index contributed by atoms with van der Waals surface area (Å²) in [5, 5.41) is 6.51. The van der Waals surface area contributed by atoms with Crippen molar-refractivity contribution in [2.75, 3.05) is 24.3 Å². The van der Waals surface area contributed by atoms with E-state index in [9.17, 15) is 4.79 Å². The highest BCUT2D eigenvalue weighted by molar-refractivity contribution is 6.31. The minimum atomic E-state index is -0.147. The Hall–Kier alpha value is -2.20.